The number of nitrogens with one attached hydrogen (secondary N) is 1. The number of anilines is 2. The third kappa shape index (κ3) is 4.47. The number of para-hydroxylation sites is 2. The van der Waals surface area contributed by atoms with E-state index in [4.69, 9.17) is 9.57 Å². The molecule has 0 saturated carbocycles. The van der Waals surface area contributed by atoms with Crippen molar-refractivity contribution < 1.29 is 14.4 Å². The lowest BCUT2D eigenvalue weighted by molar-refractivity contribution is 0.0150. The molecule has 146 valence electrons. The number of benzene rings is 3. The molecule has 1 heterocycles. The highest BCUT2D eigenvalue weighted by molar-refractivity contribution is 5.90. The highest BCUT2D eigenvalue weighted by atomic mass is 16.7. The first-order chi connectivity index (χ1) is 14.2. The summed E-state index contributed by atoms with van der Waals surface area (Å²) in [6.45, 7) is 2.44. The van der Waals surface area contributed by atoms with E-state index in [1.807, 2.05) is 85.8 Å². The summed E-state index contributed by atoms with van der Waals surface area (Å²) in [4.78, 5) is 18.8. The molecular formula is C24H22N2O3. The topological polar surface area (TPSA) is 50.8 Å². The molecule has 5 heteroatoms. The van der Waals surface area contributed by atoms with Crippen molar-refractivity contribution in [1.82, 2.24) is 0 Å². The minimum atomic E-state index is -0.640. The van der Waals surface area contributed by atoms with E-state index < -0.39 is 12.2 Å². The average molecular weight is 386 g/mol. The van der Waals surface area contributed by atoms with Crippen LogP contribution in [0.25, 0.3) is 0 Å². The Morgan fingerprint density at radius 2 is 1.52 bits per heavy atom. The van der Waals surface area contributed by atoms with E-state index in [1.165, 1.54) is 0 Å². The molecule has 4 rings (SSSR count). The largest absolute Gasteiger partial charge is 0.422 e. The van der Waals surface area contributed by atoms with Crippen LogP contribution >= 0.6 is 0 Å². The summed E-state index contributed by atoms with van der Waals surface area (Å²) < 4.78 is 5.79. The Hall–Kier alpha value is -3.57. The molecule has 1 N–H and O–H groups in total. The van der Waals surface area contributed by atoms with Crippen molar-refractivity contribution in [2.24, 2.45) is 0 Å². The van der Waals surface area contributed by atoms with Crippen molar-refractivity contribution in [3.8, 4) is 0 Å². The lowest BCUT2D eigenvalue weighted by Crippen LogP contribution is -2.43. The van der Waals surface area contributed by atoms with Crippen LogP contribution in [0.15, 0.2) is 102 Å². The second-order valence-corrected chi connectivity index (χ2v) is 6.77. The van der Waals surface area contributed by atoms with Gasteiger partial charge < -0.3 is 10.1 Å². The van der Waals surface area contributed by atoms with Crippen LogP contribution in [0.3, 0.4) is 0 Å². The van der Waals surface area contributed by atoms with Crippen LogP contribution in [0.1, 0.15) is 17.3 Å². The van der Waals surface area contributed by atoms with Crippen LogP contribution < -0.4 is 10.4 Å². The molecule has 0 bridgehead atoms. The van der Waals surface area contributed by atoms with E-state index in [0.29, 0.717) is 17.9 Å². The summed E-state index contributed by atoms with van der Waals surface area (Å²) >= 11 is 0. The number of esters is 1. The van der Waals surface area contributed by atoms with Crippen LogP contribution in [0.5, 0.6) is 0 Å². The minimum absolute atomic E-state index is 0.406. The Morgan fingerprint density at radius 3 is 2.17 bits per heavy atom. The van der Waals surface area contributed by atoms with E-state index in [9.17, 15) is 4.79 Å². The Kier molecular flexibility index (Phi) is 5.59. The van der Waals surface area contributed by atoms with E-state index in [0.717, 1.165) is 16.9 Å². The molecule has 29 heavy (non-hydrogen) atoms. The molecule has 0 radical (unpaired) electrons. The molecule has 1 aliphatic rings. The molecule has 1 atom stereocenters. The van der Waals surface area contributed by atoms with Gasteiger partial charge >= 0.3 is 5.97 Å². The number of hydrogen-bond acceptors (Lipinski definition) is 5. The number of hydrogen-bond donors (Lipinski definition) is 1. The standard InChI is InChI=1S/C24H22N2O3/c1-18-17-26(21-15-9-4-10-16-21)29-23(25-20-13-7-3-8-14-20)22(18)28-24(27)19-11-5-2-6-12-19/h2-16,23,25H,17H2,1H3/t23-/m0/s1. The van der Waals surface area contributed by atoms with Gasteiger partial charge in [0.25, 0.3) is 0 Å². The lowest BCUT2D eigenvalue weighted by Gasteiger charge is -2.36. The molecule has 0 unspecified atom stereocenters. The molecule has 0 fully saturated rings. The normalized spacial score (nSPS) is 16.4. The SMILES string of the molecule is CC1=C(OC(=O)c2ccccc2)[C@@H](Nc2ccccc2)ON(c2ccccc2)C1. The zero-order valence-electron chi connectivity index (χ0n) is 16.1. The van der Waals surface area contributed by atoms with Gasteiger partial charge in [0.05, 0.1) is 17.8 Å². The van der Waals surface area contributed by atoms with Gasteiger partial charge in [-0.2, -0.15) is 0 Å². The highest BCUT2D eigenvalue weighted by Crippen LogP contribution is 2.28. The molecule has 5 nitrogen and oxygen atoms in total. The number of hydroxylamine groups is 1. The summed E-state index contributed by atoms with van der Waals surface area (Å²) in [5.41, 5.74) is 3.21. The molecule has 0 aliphatic carbocycles. The van der Waals surface area contributed by atoms with Gasteiger partial charge in [0.15, 0.2) is 5.76 Å². The molecule has 0 aromatic heterocycles. The van der Waals surface area contributed by atoms with Crippen molar-refractivity contribution in [1.29, 1.82) is 0 Å². The van der Waals surface area contributed by atoms with Crippen molar-refractivity contribution in [2.75, 3.05) is 16.9 Å². The monoisotopic (exact) mass is 386 g/mol. The summed E-state index contributed by atoms with van der Waals surface area (Å²) in [5.74, 6) is 0.0754. The number of carbonyl (C=O) groups excluding carboxylic acids is 1. The fraction of sp³-hybridized carbons (Fsp3) is 0.125. The highest BCUT2D eigenvalue weighted by Gasteiger charge is 2.31. The first kappa shape index (κ1) is 18.8. The number of nitrogens with zero attached hydrogens (tertiary/aromatic N) is 1. The van der Waals surface area contributed by atoms with Crippen LogP contribution in [0, 0.1) is 0 Å². The second-order valence-electron chi connectivity index (χ2n) is 6.77. The predicted molar refractivity (Wildman–Crippen MR) is 113 cm³/mol. The van der Waals surface area contributed by atoms with Gasteiger partial charge in [-0.1, -0.05) is 54.6 Å². The molecule has 3 aromatic carbocycles. The van der Waals surface area contributed by atoms with Crippen molar-refractivity contribution in [3.63, 3.8) is 0 Å². The summed E-state index contributed by atoms with van der Waals surface area (Å²) in [6, 6.07) is 28.5. The molecular weight excluding hydrogens is 364 g/mol. The minimum Gasteiger partial charge on any atom is -0.422 e. The van der Waals surface area contributed by atoms with Crippen LogP contribution in [-0.2, 0) is 9.57 Å². The van der Waals surface area contributed by atoms with Crippen LogP contribution in [-0.4, -0.2) is 18.7 Å². The predicted octanol–water partition coefficient (Wildman–Crippen LogP) is 5.01. The number of ether oxygens (including phenoxy) is 1. The molecule has 0 spiro atoms. The maximum atomic E-state index is 12.7. The molecule has 1 aliphatic heterocycles. The van der Waals surface area contributed by atoms with Gasteiger partial charge in [-0.05, 0) is 48.9 Å². The smallest absolute Gasteiger partial charge is 0.343 e. The quantitative estimate of drug-likeness (QED) is 0.625. The Bertz CT molecular complexity index is 988. The van der Waals surface area contributed by atoms with E-state index >= 15 is 0 Å². The summed E-state index contributed by atoms with van der Waals surface area (Å²) in [5, 5.41) is 5.12. The van der Waals surface area contributed by atoms with Gasteiger partial charge in [-0.3, -0.25) is 0 Å². The van der Waals surface area contributed by atoms with Gasteiger partial charge in [-0.25, -0.2) is 14.7 Å². The maximum absolute atomic E-state index is 12.7. The van der Waals surface area contributed by atoms with Gasteiger partial charge in [0, 0.05) is 5.69 Å². The third-order valence-corrected chi connectivity index (χ3v) is 4.60. The van der Waals surface area contributed by atoms with E-state index in [2.05, 4.69) is 5.32 Å². The molecule has 0 amide bonds. The number of carbonyl (C=O) groups is 1. The molecule has 0 saturated heterocycles. The fourth-order valence-corrected chi connectivity index (χ4v) is 3.13. The van der Waals surface area contributed by atoms with E-state index in [1.54, 1.807) is 17.2 Å². The first-order valence-corrected chi connectivity index (χ1v) is 9.48. The van der Waals surface area contributed by atoms with Gasteiger partial charge in [0.2, 0.25) is 6.23 Å². The van der Waals surface area contributed by atoms with Crippen molar-refractivity contribution >= 4 is 17.3 Å². The van der Waals surface area contributed by atoms with Crippen LogP contribution in [0.4, 0.5) is 11.4 Å². The van der Waals surface area contributed by atoms with Crippen molar-refractivity contribution in [3.05, 3.63) is 108 Å². The van der Waals surface area contributed by atoms with Gasteiger partial charge in [-0.15, -0.1) is 0 Å². The van der Waals surface area contributed by atoms with Crippen LogP contribution in [0.2, 0.25) is 0 Å². The fourth-order valence-electron chi connectivity index (χ4n) is 3.13. The third-order valence-electron chi connectivity index (χ3n) is 4.60. The Morgan fingerprint density at radius 1 is 0.931 bits per heavy atom. The maximum Gasteiger partial charge on any atom is 0.343 e. The second kappa shape index (κ2) is 8.63. The average Bonchev–Trinajstić information content (AvgIpc) is 2.77. The number of rotatable bonds is 5. The Balaban J connectivity index is 1.62. The lowest BCUT2D eigenvalue weighted by atomic mass is 10.1. The summed E-state index contributed by atoms with van der Waals surface area (Å²) in [6.07, 6.45) is -0.640. The Labute approximate surface area is 170 Å². The zero-order chi connectivity index (χ0) is 20.1. The van der Waals surface area contributed by atoms with Crippen molar-refractivity contribution in [2.45, 2.75) is 13.2 Å². The molecule has 3 aromatic rings. The first-order valence-electron chi connectivity index (χ1n) is 9.48. The summed E-state index contributed by atoms with van der Waals surface area (Å²) in [7, 11) is 0. The van der Waals surface area contributed by atoms with Gasteiger partial charge in [0.1, 0.15) is 0 Å². The van der Waals surface area contributed by atoms with E-state index in [-0.39, 0.29) is 0 Å². The zero-order valence-corrected chi connectivity index (χ0v) is 16.1.